The van der Waals surface area contributed by atoms with E-state index in [0.29, 0.717) is 18.2 Å². The number of allylic oxidation sites excluding steroid dienone is 1. The summed E-state index contributed by atoms with van der Waals surface area (Å²) in [4.78, 5) is 12.3. The van der Waals surface area contributed by atoms with E-state index in [-0.39, 0.29) is 11.9 Å². The molecule has 1 atom stereocenters. The molecule has 1 aliphatic rings. The van der Waals surface area contributed by atoms with E-state index in [1.807, 2.05) is 37.3 Å². The van der Waals surface area contributed by atoms with E-state index in [1.165, 1.54) is 24.6 Å². The molecule has 0 radical (unpaired) electrons. The number of nitrogens with zero attached hydrogens (tertiary/aromatic N) is 3. The summed E-state index contributed by atoms with van der Waals surface area (Å²) in [6, 6.07) is 7.93. The number of aromatic nitrogens is 3. The van der Waals surface area contributed by atoms with E-state index in [2.05, 4.69) is 42.6 Å². The molecule has 25 heavy (non-hydrogen) atoms. The minimum atomic E-state index is -0.0331. The molecular formula is C18H21BrN4OS. The van der Waals surface area contributed by atoms with Gasteiger partial charge in [-0.05, 0) is 37.5 Å². The number of benzene rings is 1. The zero-order valence-electron chi connectivity index (χ0n) is 14.1. The van der Waals surface area contributed by atoms with Crippen LogP contribution < -0.4 is 5.32 Å². The molecule has 1 fully saturated rings. The van der Waals surface area contributed by atoms with Crippen LogP contribution in [0.3, 0.4) is 0 Å². The van der Waals surface area contributed by atoms with Gasteiger partial charge in [0.05, 0.1) is 11.8 Å². The molecule has 3 rings (SSSR count). The third-order valence-electron chi connectivity index (χ3n) is 4.08. The van der Waals surface area contributed by atoms with E-state index in [1.54, 1.807) is 0 Å². The Balaban J connectivity index is 1.57. The van der Waals surface area contributed by atoms with Crippen LogP contribution in [0.25, 0.3) is 0 Å². The second-order valence-corrected chi connectivity index (χ2v) is 8.00. The molecule has 2 aromatic rings. The van der Waals surface area contributed by atoms with Crippen LogP contribution in [0.5, 0.6) is 0 Å². The van der Waals surface area contributed by atoms with Gasteiger partial charge >= 0.3 is 0 Å². The van der Waals surface area contributed by atoms with Crippen LogP contribution in [0.15, 0.2) is 46.5 Å². The highest BCUT2D eigenvalue weighted by molar-refractivity contribution is 9.10. The molecule has 0 aliphatic heterocycles. The van der Waals surface area contributed by atoms with E-state index in [0.717, 1.165) is 21.0 Å². The smallest absolute Gasteiger partial charge is 0.230 e. The molecule has 7 heteroatoms. The summed E-state index contributed by atoms with van der Waals surface area (Å²) < 4.78 is 3.10. The van der Waals surface area contributed by atoms with Gasteiger partial charge in [0, 0.05) is 16.9 Å². The number of rotatable bonds is 8. The molecule has 1 unspecified atom stereocenters. The van der Waals surface area contributed by atoms with Crippen LogP contribution in [0, 0.1) is 0 Å². The fourth-order valence-electron chi connectivity index (χ4n) is 2.60. The van der Waals surface area contributed by atoms with E-state index in [4.69, 9.17) is 0 Å². The van der Waals surface area contributed by atoms with Gasteiger partial charge in [-0.25, -0.2) is 0 Å². The monoisotopic (exact) mass is 420 g/mol. The largest absolute Gasteiger partial charge is 0.349 e. The molecule has 0 bridgehead atoms. The first kappa shape index (κ1) is 18.2. The first-order chi connectivity index (χ1) is 12.1. The Morgan fingerprint density at radius 1 is 1.44 bits per heavy atom. The Hall–Kier alpha value is -1.60. The second-order valence-electron chi connectivity index (χ2n) is 6.14. The number of thioether (sulfide) groups is 1. The lowest BCUT2D eigenvalue weighted by atomic mass is 10.1. The number of hydrogen-bond acceptors (Lipinski definition) is 4. The average molecular weight is 421 g/mol. The normalized spacial score (nSPS) is 15.0. The molecule has 1 aromatic heterocycles. The summed E-state index contributed by atoms with van der Waals surface area (Å²) in [7, 11) is 0. The standard InChI is InChI=1S/C18H21BrN4OS/c1-3-10-23-17(14-4-5-14)21-22-18(23)25-11-16(24)20-12(2)13-6-8-15(19)9-7-13/h3,6-9,12,14H,1,4-5,10-11H2,2H3,(H,20,24). The number of nitrogens with one attached hydrogen (secondary N) is 1. The summed E-state index contributed by atoms with van der Waals surface area (Å²) >= 11 is 4.84. The lowest BCUT2D eigenvalue weighted by molar-refractivity contribution is -0.119. The average Bonchev–Trinajstić information content (AvgIpc) is 3.36. The lowest BCUT2D eigenvalue weighted by Gasteiger charge is -2.14. The Kier molecular flexibility index (Phi) is 5.96. The topological polar surface area (TPSA) is 59.8 Å². The van der Waals surface area contributed by atoms with Crippen molar-refractivity contribution in [3.05, 3.63) is 52.8 Å². The summed E-state index contributed by atoms with van der Waals surface area (Å²) in [5.74, 6) is 1.85. The molecular weight excluding hydrogens is 400 g/mol. The summed E-state index contributed by atoms with van der Waals surface area (Å²) in [6.45, 7) is 6.47. The van der Waals surface area contributed by atoms with Crippen LogP contribution in [-0.4, -0.2) is 26.4 Å². The van der Waals surface area contributed by atoms with Crippen molar-refractivity contribution in [1.82, 2.24) is 20.1 Å². The summed E-state index contributed by atoms with van der Waals surface area (Å²) in [6.07, 6.45) is 4.19. The van der Waals surface area contributed by atoms with Crippen molar-refractivity contribution in [2.24, 2.45) is 0 Å². The molecule has 1 aliphatic carbocycles. The molecule has 1 amide bonds. The first-order valence-electron chi connectivity index (χ1n) is 8.30. The SMILES string of the molecule is C=CCn1c(SCC(=O)NC(C)c2ccc(Br)cc2)nnc1C1CC1. The van der Waals surface area contributed by atoms with Gasteiger partial charge in [0.2, 0.25) is 5.91 Å². The fraction of sp³-hybridized carbons (Fsp3) is 0.389. The molecule has 0 spiro atoms. The number of hydrogen-bond donors (Lipinski definition) is 1. The van der Waals surface area contributed by atoms with Gasteiger partial charge in [0.25, 0.3) is 0 Å². The van der Waals surface area contributed by atoms with Crippen LogP contribution >= 0.6 is 27.7 Å². The Morgan fingerprint density at radius 3 is 2.80 bits per heavy atom. The van der Waals surface area contributed by atoms with Gasteiger partial charge < -0.3 is 9.88 Å². The van der Waals surface area contributed by atoms with Gasteiger partial charge in [-0.2, -0.15) is 0 Å². The zero-order valence-corrected chi connectivity index (χ0v) is 16.5. The highest BCUT2D eigenvalue weighted by Crippen LogP contribution is 2.40. The number of carbonyl (C=O) groups excluding carboxylic acids is 1. The number of amides is 1. The highest BCUT2D eigenvalue weighted by Gasteiger charge is 2.30. The van der Waals surface area contributed by atoms with Crippen molar-refractivity contribution >= 4 is 33.6 Å². The minimum Gasteiger partial charge on any atom is -0.349 e. The van der Waals surface area contributed by atoms with Gasteiger partial charge in [-0.3, -0.25) is 4.79 Å². The zero-order chi connectivity index (χ0) is 17.8. The quantitative estimate of drug-likeness (QED) is 0.516. The van der Waals surface area contributed by atoms with Crippen LogP contribution in [0.4, 0.5) is 0 Å². The Labute approximate surface area is 160 Å². The van der Waals surface area contributed by atoms with E-state index in [9.17, 15) is 4.79 Å². The highest BCUT2D eigenvalue weighted by atomic mass is 79.9. The van der Waals surface area contributed by atoms with Gasteiger partial charge in [-0.15, -0.1) is 16.8 Å². The molecule has 5 nitrogen and oxygen atoms in total. The van der Waals surface area contributed by atoms with Crippen molar-refractivity contribution in [2.75, 3.05) is 5.75 Å². The van der Waals surface area contributed by atoms with Crippen LogP contribution in [0.2, 0.25) is 0 Å². The second kappa shape index (κ2) is 8.19. The Bertz CT molecular complexity index is 755. The van der Waals surface area contributed by atoms with Crippen molar-refractivity contribution in [1.29, 1.82) is 0 Å². The van der Waals surface area contributed by atoms with Crippen molar-refractivity contribution in [3.8, 4) is 0 Å². The predicted molar refractivity (Wildman–Crippen MR) is 104 cm³/mol. The van der Waals surface area contributed by atoms with Gasteiger partial charge in [0.15, 0.2) is 5.16 Å². The van der Waals surface area contributed by atoms with Crippen LogP contribution in [-0.2, 0) is 11.3 Å². The maximum absolute atomic E-state index is 12.3. The maximum Gasteiger partial charge on any atom is 0.230 e. The van der Waals surface area contributed by atoms with E-state index < -0.39 is 0 Å². The number of halogens is 1. The van der Waals surface area contributed by atoms with Crippen LogP contribution in [0.1, 0.15) is 43.1 Å². The van der Waals surface area contributed by atoms with Crippen molar-refractivity contribution < 1.29 is 4.79 Å². The third kappa shape index (κ3) is 4.73. The minimum absolute atomic E-state index is 0.0125. The fourth-order valence-corrected chi connectivity index (χ4v) is 3.63. The molecule has 1 heterocycles. The third-order valence-corrected chi connectivity index (χ3v) is 5.57. The molecule has 1 aromatic carbocycles. The van der Waals surface area contributed by atoms with E-state index >= 15 is 0 Å². The Morgan fingerprint density at radius 2 is 2.16 bits per heavy atom. The lowest BCUT2D eigenvalue weighted by Crippen LogP contribution is -2.28. The summed E-state index contributed by atoms with van der Waals surface area (Å²) in [5.41, 5.74) is 1.08. The first-order valence-corrected chi connectivity index (χ1v) is 10.1. The predicted octanol–water partition coefficient (Wildman–Crippen LogP) is 4.07. The van der Waals surface area contributed by atoms with Crippen molar-refractivity contribution in [2.45, 2.75) is 43.4 Å². The molecule has 132 valence electrons. The number of carbonyl (C=O) groups is 1. The summed E-state index contributed by atoms with van der Waals surface area (Å²) in [5, 5.41) is 12.4. The molecule has 0 saturated heterocycles. The molecule has 1 N–H and O–H groups in total. The van der Waals surface area contributed by atoms with Gasteiger partial charge in [-0.1, -0.05) is 45.9 Å². The van der Waals surface area contributed by atoms with Crippen molar-refractivity contribution in [3.63, 3.8) is 0 Å². The molecule has 1 saturated carbocycles. The maximum atomic E-state index is 12.3. The van der Waals surface area contributed by atoms with Gasteiger partial charge in [0.1, 0.15) is 5.82 Å².